The summed E-state index contributed by atoms with van der Waals surface area (Å²) >= 11 is 0. The molecule has 1 rings (SSSR count). The first-order valence-corrected chi connectivity index (χ1v) is 3.18. The van der Waals surface area contributed by atoms with Crippen LogP contribution < -0.4 is 5.73 Å². The maximum Gasteiger partial charge on any atom is 0.116 e. The first kappa shape index (κ1) is 7.42. The van der Waals surface area contributed by atoms with E-state index >= 15 is 0 Å². The van der Waals surface area contributed by atoms with E-state index in [1.807, 2.05) is 6.07 Å². The lowest BCUT2D eigenvalue weighted by Crippen LogP contribution is -1.91. The van der Waals surface area contributed by atoms with Crippen molar-refractivity contribution in [1.29, 1.82) is 5.26 Å². The second-order valence-electron chi connectivity index (χ2n) is 2.22. The molecule has 1 aromatic rings. The molecule has 0 atom stereocenters. The normalized spacial score (nSPS) is 9.00. The molecule has 3 heteroatoms. The Labute approximate surface area is 64.7 Å². The maximum atomic E-state index is 9.00. The number of anilines is 1. The molecule has 3 N–H and O–H groups in total. The Balaban J connectivity index is 3.05. The van der Waals surface area contributed by atoms with E-state index in [4.69, 9.17) is 16.1 Å². The van der Waals surface area contributed by atoms with Crippen LogP contribution in [0, 0.1) is 11.3 Å². The average molecular weight is 148 g/mol. The summed E-state index contributed by atoms with van der Waals surface area (Å²) in [5, 5.41) is 17.3. The molecular weight excluding hydrogens is 140 g/mol. The van der Waals surface area contributed by atoms with Crippen LogP contribution in [0.5, 0.6) is 5.75 Å². The molecule has 56 valence electrons. The second kappa shape index (κ2) is 2.93. The van der Waals surface area contributed by atoms with Gasteiger partial charge in [-0.2, -0.15) is 5.26 Å². The Hall–Kier alpha value is -1.69. The van der Waals surface area contributed by atoms with E-state index in [1.165, 1.54) is 12.1 Å². The monoisotopic (exact) mass is 148 g/mol. The van der Waals surface area contributed by atoms with Gasteiger partial charge >= 0.3 is 0 Å². The van der Waals surface area contributed by atoms with E-state index in [9.17, 15) is 0 Å². The van der Waals surface area contributed by atoms with Gasteiger partial charge in [-0.3, -0.25) is 0 Å². The van der Waals surface area contributed by atoms with Gasteiger partial charge in [0.1, 0.15) is 5.75 Å². The topological polar surface area (TPSA) is 70.0 Å². The van der Waals surface area contributed by atoms with Gasteiger partial charge in [0.2, 0.25) is 0 Å². The SMILES string of the molecule is N#CCc1cc(O)ccc1N. The minimum atomic E-state index is 0.143. The van der Waals surface area contributed by atoms with Crippen LogP contribution in [0.3, 0.4) is 0 Å². The van der Waals surface area contributed by atoms with E-state index in [-0.39, 0.29) is 12.2 Å². The Morgan fingerprint density at radius 2 is 2.27 bits per heavy atom. The Bertz CT molecular complexity index is 301. The number of phenols is 1. The summed E-state index contributed by atoms with van der Waals surface area (Å²) in [6.45, 7) is 0. The summed E-state index contributed by atoms with van der Waals surface area (Å²) in [4.78, 5) is 0. The number of rotatable bonds is 1. The summed E-state index contributed by atoms with van der Waals surface area (Å²) in [7, 11) is 0. The summed E-state index contributed by atoms with van der Waals surface area (Å²) in [5.41, 5.74) is 6.73. The lowest BCUT2D eigenvalue weighted by atomic mass is 10.1. The van der Waals surface area contributed by atoms with Crippen LogP contribution in [-0.2, 0) is 6.42 Å². The second-order valence-corrected chi connectivity index (χ2v) is 2.22. The highest BCUT2D eigenvalue weighted by molar-refractivity contribution is 5.51. The van der Waals surface area contributed by atoms with Gasteiger partial charge in [0.05, 0.1) is 12.5 Å². The molecule has 0 heterocycles. The van der Waals surface area contributed by atoms with E-state index < -0.39 is 0 Å². The highest BCUT2D eigenvalue weighted by Gasteiger charge is 1.98. The fourth-order valence-corrected chi connectivity index (χ4v) is 0.830. The molecule has 0 saturated carbocycles. The Morgan fingerprint density at radius 1 is 1.55 bits per heavy atom. The van der Waals surface area contributed by atoms with Crippen molar-refractivity contribution in [2.45, 2.75) is 6.42 Å². The highest BCUT2D eigenvalue weighted by Crippen LogP contribution is 2.18. The molecule has 0 spiro atoms. The van der Waals surface area contributed by atoms with Crippen molar-refractivity contribution in [3.8, 4) is 11.8 Å². The minimum absolute atomic E-state index is 0.143. The van der Waals surface area contributed by atoms with Crippen molar-refractivity contribution in [1.82, 2.24) is 0 Å². The predicted octanol–water partition coefficient (Wildman–Crippen LogP) is 1.04. The average Bonchev–Trinajstić information content (AvgIpc) is 1.98. The number of aromatic hydroxyl groups is 1. The molecule has 0 aromatic heterocycles. The van der Waals surface area contributed by atoms with Crippen molar-refractivity contribution in [2.24, 2.45) is 0 Å². The number of nitrogens with zero attached hydrogens (tertiary/aromatic N) is 1. The molecule has 3 nitrogen and oxygen atoms in total. The molecule has 0 saturated heterocycles. The number of nitrogen functional groups attached to an aromatic ring is 1. The quantitative estimate of drug-likeness (QED) is 0.461. The van der Waals surface area contributed by atoms with Crippen LogP contribution in [-0.4, -0.2) is 5.11 Å². The Morgan fingerprint density at radius 3 is 2.91 bits per heavy atom. The molecule has 0 aliphatic carbocycles. The van der Waals surface area contributed by atoms with Crippen LogP contribution in [0.25, 0.3) is 0 Å². The van der Waals surface area contributed by atoms with Gasteiger partial charge in [-0.1, -0.05) is 0 Å². The molecule has 0 amide bonds. The van der Waals surface area contributed by atoms with E-state index in [0.29, 0.717) is 11.3 Å². The summed E-state index contributed by atoms with van der Waals surface area (Å²) in [6.07, 6.45) is 0.236. The highest BCUT2D eigenvalue weighted by atomic mass is 16.3. The molecule has 0 bridgehead atoms. The van der Waals surface area contributed by atoms with Crippen LogP contribution >= 0.6 is 0 Å². The zero-order chi connectivity index (χ0) is 8.27. The standard InChI is InChI=1S/C8H8N2O/c9-4-3-6-5-7(11)1-2-8(6)10/h1-2,5,11H,3,10H2. The molecule has 0 aliphatic heterocycles. The largest absolute Gasteiger partial charge is 0.508 e. The van der Waals surface area contributed by atoms with E-state index in [1.54, 1.807) is 6.07 Å². The number of phenolic OH excluding ortho intramolecular Hbond substituents is 1. The van der Waals surface area contributed by atoms with Crippen LogP contribution in [0.1, 0.15) is 5.56 Å². The van der Waals surface area contributed by atoms with Gasteiger partial charge in [0.25, 0.3) is 0 Å². The van der Waals surface area contributed by atoms with Gasteiger partial charge in [-0.05, 0) is 23.8 Å². The first-order chi connectivity index (χ1) is 5.24. The zero-order valence-electron chi connectivity index (χ0n) is 5.91. The van der Waals surface area contributed by atoms with Crippen molar-refractivity contribution in [3.05, 3.63) is 23.8 Å². The molecule has 0 aliphatic rings. The zero-order valence-corrected chi connectivity index (χ0v) is 5.91. The molecule has 1 aromatic carbocycles. The number of benzene rings is 1. The molecule has 11 heavy (non-hydrogen) atoms. The predicted molar refractivity (Wildman–Crippen MR) is 41.8 cm³/mol. The third-order valence-corrected chi connectivity index (χ3v) is 1.40. The third kappa shape index (κ3) is 1.62. The lowest BCUT2D eigenvalue weighted by Gasteiger charge is -2.00. The van der Waals surface area contributed by atoms with Gasteiger partial charge in [-0.15, -0.1) is 0 Å². The molecule has 0 radical (unpaired) electrons. The van der Waals surface area contributed by atoms with Crippen molar-refractivity contribution < 1.29 is 5.11 Å². The first-order valence-electron chi connectivity index (χ1n) is 3.18. The van der Waals surface area contributed by atoms with Crippen LogP contribution in [0.2, 0.25) is 0 Å². The van der Waals surface area contributed by atoms with Crippen LogP contribution in [0.15, 0.2) is 18.2 Å². The fraction of sp³-hybridized carbons (Fsp3) is 0.125. The minimum Gasteiger partial charge on any atom is -0.508 e. The third-order valence-electron chi connectivity index (χ3n) is 1.40. The fourth-order valence-electron chi connectivity index (χ4n) is 0.830. The lowest BCUT2D eigenvalue weighted by molar-refractivity contribution is 0.475. The number of hydrogen-bond acceptors (Lipinski definition) is 3. The van der Waals surface area contributed by atoms with E-state index in [2.05, 4.69) is 0 Å². The van der Waals surface area contributed by atoms with Crippen molar-refractivity contribution in [2.75, 3.05) is 5.73 Å². The summed E-state index contributed by atoms with van der Waals surface area (Å²) in [6, 6.07) is 6.54. The number of nitriles is 1. The van der Waals surface area contributed by atoms with Crippen molar-refractivity contribution >= 4 is 5.69 Å². The number of hydrogen-bond donors (Lipinski definition) is 2. The maximum absolute atomic E-state index is 9.00. The van der Waals surface area contributed by atoms with Gasteiger partial charge in [-0.25, -0.2) is 0 Å². The van der Waals surface area contributed by atoms with Gasteiger partial charge in [0.15, 0.2) is 0 Å². The molecular formula is C8H8N2O. The number of nitrogens with two attached hydrogens (primary N) is 1. The smallest absolute Gasteiger partial charge is 0.116 e. The summed E-state index contributed by atoms with van der Waals surface area (Å²) < 4.78 is 0. The van der Waals surface area contributed by atoms with Crippen molar-refractivity contribution in [3.63, 3.8) is 0 Å². The Kier molecular flexibility index (Phi) is 1.98. The molecule has 0 unspecified atom stereocenters. The van der Waals surface area contributed by atoms with Crippen LogP contribution in [0.4, 0.5) is 5.69 Å². The van der Waals surface area contributed by atoms with Gasteiger partial charge < -0.3 is 10.8 Å². The van der Waals surface area contributed by atoms with Gasteiger partial charge in [0, 0.05) is 5.69 Å². The van der Waals surface area contributed by atoms with E-state index in [0.717, 1.165) is 0 Å². The molecule has 0 fully saturated rings. The summed E-state index contributed by atoms with van der Waals surface area (Å²) in [5.74, 6) is 0.143.